The number of methoxy groups -OCH3 is 1. The molecule has 0 radical (unpaired) electrons. The molecule has 8 heteroatoms. The molecule has 1 aliphatic rings. The largest absolute Gasteiger partial charge is 0.497 e. The molecule has 1 heterocycles. The average molecular weight is 504 g/mol. The van der Waals surface area contributed by atoms with Gasteiger partial charge in [0.05, 0.1) is 13.7 Å². The van der Waals surface area contributed by atoms with E-state index in [9.17, 15) is 4.79 Å². The number of piperidine rings is 1. The molecule has 0 aliphatic carbocycles. The number of nitrogens with one attached hydrogen (secondary N) is 2. The van der Waals surface area contributed by atoms with Crippen molar-refractivity contribution in [1.29, 1.82) is 0 Å². The van der Waals surface area contributed by atoms with Gasteiger partial charge in [-0.1, -0.05) is 6.07 Å². The van der Waals surface area contributed by atoms with E-state index in [-0.39, 0.29) is 29.9 Å². The summed E-state index contributed by atoms with van der Waals surface area (Å²) in [6, 6.07) is 7.63. The van der Waals surface area contributed by atoms with Gasteiger partial charge < -0.3 is 25.0 Å². The van der Waals surface area contributed by atoms with Gasteiger partial charge in [0, 0.05) is 46.2 Å². The second-order valence-electron chi connectivity index (χ2n) is 6.66. The van der Waals surface area contributed by atoms with Gasteiger partial charge in [-0.2, -0.15) is 0 Å². The molecule has 1 amide bonds. The van der Waals surface area contributed by atoms with E-state index in [1.165, 1.54) is 0 Å². The van der Waals surface area contributed by atoms with Crippen molar-refractivity contribution in [2.45, 2.75) is 25.7 Å². The molecule has 7 nitrogen and oxygen atoms in total. The Bertz CT molecular complexity index is 619. The number of aliphatic imine (C=N–C) groups is 1. The highest BCUT2D eigenvalue weighted by atomic mass is 127. The fourth-order valence-electron chi connectivity index (χ4n) is 3.20. The number of likely N-dealkylation sites (tertiary alicyclic amines) is 1. The number of carbonyl (C=O) groups is 1. The Morgan fingerprint density at radius 2 is 2.00 bits per heavy atom. The third-order valence-corrected chi connectivity index (χ3v) is 4.79. The van der Waals surface area contributed by atoms with Gasteiger partial charge in [-0.15, -0.1) is 24.0 Å². The Hall–Kier alpha value is -1.71. The second-order valence-corrected chi connectivity index (χ2v) is 6.66. The molecule has 1 aromatic carbocycles. The highest BCUT2D eigenvalue weighted by Gasteiger charge is 2.22. The molecule has 158 valence electrons. The Labute approximate surface area is 185 Å². The van der Waals surface area contributed by atoms with Crippen LogP contribution in [-0.4, -0.2) is 64.2 Å². The molecule has 0 atom stereocenters. The van der Waals surface area contributed by atoms with Gasteiger partial charge >= 0.3 is 0 Å². The topological polar surface area (TPSA) is 75.2 Å². The molecule has 1 fully saturated rings. The summed E-state index contributed by atoms with van der Waals surface area (Å²) in [4.78, 5) is 18.2. The van der Waals surface area contributed by atoms with E-state index in [1.807, 2.05) is 31.3 Å². The standard InChI is InChI=1S/C20H32N4O3.HI/c1-21-19(25)14-16-8-11-24(12-9-16)20(22-2)23-10-5-13-27-18-7-4-6-17(15-18)26-3;/h4,6-7,15-16H,5,8-14H2,1-3H3,(H,21,25)(H,22,23);1H. The van der Waals surface area contributed by atoms with Crippen LogP contribution in [0.15, 0.2) is 29.3 Å². The van der Waals surface area contributed by atoms with E-state index < -0.39 is 0 Å². The van der Waals surface area contributed by atoms with Crippen LogP contribution in [0.25, 0.3) is 0 Å². The molecule has 0 spiro atoms. The third-order valence-electron chi connectivity index (χ3n) is 4.79. The normalized spacial score (nSPS) is 14.8. The fraction of sp³-hybridized carbons (Fsp3) is 0.600. The first kappa shape index (κ1) is 24.3. The molecule has 2 rings (SSSR count). The molecule has 1 aliphatic heterocycles. The summed E-state index contributed by atoms with van der Waals surface area (Å²) >= 11 is 0. The van der Waals surface area contributed by atoms with Gasteiger partial charge in [0.1, 0.15) is 11.5 Å². The Balaban J connectivity index is 0.00000392. The monoisotopic (exact) mass is 504 g/mol. The lowest BCUT2D eigenvalue weighted by Gasteiger charge is -2.34. The predicted octanol–water partition coefficient (Wildman–Crippen LogP) is 2.51. The molecular weight excluding hydrogens is 471 g/mol. The molecule has 2 N–H and O–H groups in total. The van der Waals surface area contributed by atoms with Crippen LogP contribution in [0.1, 0.15) is 25.7 Å². The molecule has 28 heavy (non-hydrogen) atoms. The third kappa shape index (κ3) is 8.12. The summed E-state index contributed by atoms with van der Waals surface area (Å²) in [6.07, 6.45) is 3.54. The summed E-state index contributed by atoms with van der Waals surface area (Å²) in [5.74, 6) is 3.14. The zero-order valence-corrected chi connectivity index (χ0v) is 19.4. The Morgan fingerprint density at radius 1 is 1.29 bits per heavy atom. The van der Waals surface area contributed by atoms with Crippen molar-refractivity contribution in [3.63, 3.8) is 0 Å². The number of amides is 1. The van der Waals surface area contributed by atoms with Crippen molar-refractivity contribution in [3.05, 3.63) is 24.3 Å². The van der Waals surface area contributed by atoms with Crippen molar-refractivity contribution in [2.75, 3.05) is 47.4 Å². The van der Waals surface area contributed by atoms with Crippen LogP contribution in [0, 0.1) is 5.92 Å². The zero-order valence-electron chi connectivity index (χ0n) is 17.1. The number of guanidine groups is 1. The van der Waals surface area contributed by atoms with E-state index in [0.717, 1.165) is 56.4 Å². The number of carbonyl (C=O) groups excluding carboxylic acids is 1. The summed E-state index contributed by atoms with van der Waals surface area (Å²) in [5, 5.41) is 6.11. The maximum Gasteiger partial charge on any atom is 0.220 e. The number of hydrogen-bond acceptors (Lipinski definition) is 4. The maximum absolute atomic E-state index is 11.5. The van der Waals surface area contributed by atoms with Crippen LogP contribution < -0.4 is 20.1 Å². The van der Waals surface area contributed by atoms with Gasteiger partial charge in [-0.3, -0.25) is 9.79 Å². The highest BCUT2D eigenvalue weighted by Crippen LogP contribution is 2.20. The highest BCUT2D eigenvalue weighted by molar-refractivity contribution is 14.0. The van der Waals surface area contributed by atoms with Gasteiger partial charge in [0.2, 0.25) is 5.91 Å². The number of hydrogen-bond donors (Lipinski definition) is 2. The van der Waals surface area contributed by atoms with Crippen molar-refractivity contribution in [1.82, 2.24) is 15.5 Å². The summed E-state index contributed by atoms with van der Waals surface area (Å²) in [5.41, 5.74) is 0. The minimum atomic E-state index is 0. The van der Waals surface area contributed by atoms with Gasteiger partial charge in [-0.05, 0) is 37.3 Å². The molecule has 1 saturated heterocycles. The smallest absolute Gasteiger partial charge is 0.220 e. The fourth-order valence-corrected chi connectivity index (χ4v) is 3.20. The van der Waals surface area contributed by atoms with Gasteiger partial charge in [-0.25, -0.2) is 0 Å². The first-order chi connectivity index (χ1) is 13.2. The molecule has 0 unspecified atom stereocenters. The van der Waals surface area contributed by atoms with Crippen LogP contribution >= 0.6 is 24.0 Å². The SMILES string of the molecule is CN=C(NCCCOc1cccc(OC)c1)N1CCC(CC(=O)NC)CC1.I. The predicted molar refractivity (Wildman–Crippen MR) is 123 cm³/mol. The van der Waals surface area contributed by atoms with Crippen LogP contribution in [0.3, 0.4) is 0 Å². The first-order valence-electron chi connectivity index (χ1n) is 9.59. The lowest BCUT2D eigenvalue weighted by molar-refractivity contribution is -0.121. The molecule has 1 aromatic rings. The van der Waals surface area contributed by atoms with E-state index in [0.29, 0.717) is 18.9 Å². The van der Waals surface area contributed by atoms with Crippen LogP contribution in [0.5, 0.6) is 11.5 Å². The van der Waals surface area contributed by atoms with Crippen molar-refractivity contribution in [2.24, 2.45) is 10.9 Å². The second kappa shape index (κ2) is 13.5. The van der Waals surface area contributed by atoms with Crippen LogP contribution in [-0.2, 0) is 4.79 Å². The van der Waals surface area contributed by atoms with Crippen molar-refractivity contribution < 1.29 is 14.3 Å². The quantitative estimate of drug-likeness (QED) is 0.246. The van der Waals surface area contributed by atoms with Gasteiger partial charge in [0.25, 0.3) is 0 Å². The maximum atomic E-state index is 11.5. The summed E-state index contributed by atoms with van der Waals surface area (Å²) in [7, 11) is 5.16. The number of benzene rings is 1. The number of nitrogens with zero attached hydrogens (tertiary/aromatic N) is 2. The van der Waals surface area contributed by atoms with E-state index >= 15 is 0 Å². The molecule has 0 saturated carbocycles. The average Bonchev–Trinajstić information content (AvgIpc) is 2.71. The van der Waals surface area contributed by atoms with E-state index in [2.05, 4.69) is 20.5 Å². The van der Waals surface area contributed by atoms with Gasteiger partial charge in [0.15, 0.2) is 5.96 Å². The number of ether oxygens (including phenoxy) is 2. The van der Waals surface area contributed by atoms with Crippen LogP contribution in [0.4, 0.5) is 0 Å². The molecule has 0 bridgehead atoms. The van der Waals surface area contributed by atoms with Crippen molar-refractivity contribution in [3.8, 4) is 11.5 Å². The van der Waals surface area contributed by atoms with E-state index in [4.69, 9.17) is 9.47 Å². The van der Waals surface area contributed by atoms with Crippen molar-refractivity contribution >= 4 is 35.8 Å². The minimum Gasteiger partial charge on any atom is -0.497 e. The lowest BCUT2D eigenvalue weighted by Crippen LogP contribution is -2.46. The van der Waals surface area contributed by atoms with Crippen LogP contribution in [0.2, 0.25) is 0 Å². The summed E-state index contributed by atoms with van der Waals surface area (Å²) in [6.45, 7) is 3.30. The zero-order chi connectivity index (χ0) is 19.5. The molecular formula is C20H33IN4O3. The Kier molecular flexibility index (Phi) is 11.7. The summed E-state index contributed by atoms with van der Waals surface area (Å²) < 4.78 is 11.0. The Morgan fingerprint density at radius 3 is 2.64 bits per heavy atom. The minimum absolute atomic E-state index is 0. The number of halogens is 1. The molecule has 0 aromatic heterocycles. The number of rotatable bonds is 8. The first-order valence-corrected chi connectivity index (χ1v) is 9.59. The lowest BCUT2D eigenvalue weighted by atomic mass is 9.93. The van der Waals surface area contributed by atoms with E-state index in [1.54, 1.807) is 14.2 Å².